The van der Waals surface area contributed by atoms with Gasteiger partial charge in [-0.15, -0.1) is 0 Å². The molecular formula is C12H8FN. The lowest BCUT2D eigenvalue weighted by Crippen LogP contribution is -1.85. The lowest BCUT2D eigenvalue weighted by Gasteiger charge is -2.02. The van der Waals surface area contributed by atoms with Gasteiger partial charge in [-0.2, -0.15) is 5.26 Å². The van der Waals surface area contributed by atoms with E-state index < -0.39 is 0 Å². The van der Waals surface area contributed by atoms with Gasteiger partial charge in [-0.3, -0.25) is 0 Å². The number of rotatable bonds is 1. The Morgan fingerprint density at radius 3 is 2.86 bits per heavy atom. The summed E-state index contributed by atoms with van der Waals surface area (Å²) >= 11 is 0. The number of benzene rings is 2. The fraction of sp³-hybridized carbons (Fsp3) is 0.0833. The Labute approximate surface area is 81.4 Å². The van der Waals surface area contributed by atoms with Gasteiger partial charge in [0, 0.05) is 0 Å². The van der Waals surface area contributed by atoms with Crippen LogP contribution in [-0.4, -0.2) is 0 Å². The predicted octanol–water partition coefficient (Wildman–Crippen LogP) is 3.04. The number of nitrogens with zero attached hydrogens (tertiary/aromatic N) is 1. The Morgan fingerprint density at radius 2 is 2.07 bits per heavy atom. The normalized spacial score (nSPS) is 10.0. The highest BCUT2D eigenvalue weighted by atomic mass is 19.1. The average Bonchev–Trinajstić information content (AvgIpc) is 2.18. The molecule has 0 aliphatic rings. The van der Waals surface area contributed by atoms with Crippen molar-refractivity contribution >= 4 is 10.8 Å². The van der Waals surface area contributed by atoms with Crippen LogP contribution in [0.25, 0.3) is 10.8 Å². The fourth-order valence-electron chi connectivity index (χ4n) is 1.56. The van der Waals surface area contributed by atoms with Gasteiger partial charge in [-0.25, -0.2) is 4.39 Å². The van der Waals surface area contributed by atoms with Crippen LogP contribution < -0.4 is 0 Å². The first-order valence-corrected chi connectivity index (χ1v) is 4.35. The summed E-state index contributed by atoms with van der Waals surface area (Å²) < 4.78 is 12.9. The number of halogens is 1. The number of hydrogen-bond acceptors (Lipinski definition) is 1. The van der Waals surface area contributed by atoms with Gasteiger partial charge < -0.3 is 0 Å². The minimum atomic E-state index is -0.244. The molecule has 0 saturated heterocycles. The minimum Gasteiger partial charge on any atom is -0.207 e. The van der Waals surface area contributed by atoms with E-state index in [4.69, 9.17) is 5.26 Å². The number of hydrogen-bond donors (Lipinski definition) is 0. The van der Waals surface area contributed by atoms with Gasteiger partial charge in [0.1, 0.15) is 5.82 Å². The standard InChI is InChI=1S/C12H8FN/c13-11-4-5-12-9(6-7-14)2-1-3-10(12)8-11/h1-5,8H,6H2. The zero-order chi connectivity index (χ0) is 9.97. The molecule has 0 spiro atoms. The van der Waals surface area contributed by atoms with E-state index in [9.17, 15) is 4.39 Å². The highest BCUT2D eigenvalue weighted by Gasteiger charge is 2.00. The Hall–Kier alpha value is -1.88. The van der Waals surface area contributed by atoms with E-state index in [1.165, 1.54) is 12.1 Å². The fourth-order valence-corrected chi connectivity index (χ4v) is 1.56. The molecule has 0 aromatic heterocycles. The summed E-state index contributed by atoms with van der Waals surface area (Å²) in [5.74, 6) is -0.244. The molecule has 14 heavy (non-hydrogen) atoms. The Morgan fingerprint density at radius 1 is 1.21 bits per heavy atom. The second-order valence-electron chi connectivity index (χ2n) is 3.12. The molecule has 0 heterocycles. The molecule has 0 atom stereocenters. The molecular weight excluding hydrogens is 177 g/mol. The predicted molar refractivity (Wildman–Crippen MR) is 53.2 cm³/mol. The molecule has 0 aliphatic carbocycles. The topological polar surface area (TPSA) is 23.8 Å². The van der Waals surface area contributed by atoms with Gasteiger partial charge >= 0.3 is 0 Å². The lowest BCUT2D eigenvalue weighted by molar-refractivity contribution is 0.629. The van der Waals surface area contributed by atoms with E-state index in [0.29, 0.717) is 6.42 Å². The van der Waals surface area contributed by atoms with Crippen molar-refractivity contribution in [1.29, 1.82) is 5.26 Å². The monoisotopic (exact) mass is 185 g/mol. The molecule has 2 aromatic rings. The van der Waals surface area contributed by atoms with Gasteiger partial charge in [0.2, 0.25) is 0 Å². The van der Waals surface area contributed by atoms with E-state index in [1.807, 2.05) is 18.2 Å². The van der Waals surface area contributed by atoms with Crippen LogP contribution in [0.3, 0.4) is 0 Å². The van der Waals surface area contributed by atoms with Gasteiger partial charge in [-0.1, -0.05) is 24.3 Å². The first-order chi connectivity index (χ1) is 6.81. The largest absolute Gasteiger partial charge is 0.207 e. The maximum absolute atomic E-state index is 12.9. The molecule has 2 heteroatoms. The molecule has 0 saturated carbocycles. The quantitative estimate of drug-likeness (QED) is 0.669. The molecule has 0 unspecified atom stereocenters. The third-order valence-electron chi connectivity index (χ3n) is 2.20. The Bertz CT molecular complexity index is 511. The molecule has 0 bridgehead atoms. The average molecular weight is 185 g/mol. The van der Waals surface area contributed by atoms with Crippen molar-refractivity contribution in [3.05, 3.63) is 47.8 Å². The summed E-state index contributed by atoms with van der Waals surface area (Å²) in [6, 6.07) is 12.3. The highest BCUT2D eigenvalue weighted by Crippen LogP contribution is 2.19. The maximum atomic E-state index is 12.9. The van der Waals surface area contributed by atoms with Crippen LogP contribution in [0, 0.1) is 17.1 Å². The van der Waals surface area contributed by atoms with Crippen molar-refractivity contribution in [2.75, 3.05) is 0 Å². The van der Waals surface area contributed by atoms with Crippen LogP contribution in [0.5, 0.6) is 0 Å². The Balaban J connectivity index is 2.70. The van der Waals surface area contributed by atoms with Crippen molar-refractivity contribution in [3.8, 4) is 6.07 Å². The second-order valence-corrected chi connectivity index (χ2v) is 3.12. The third-order valence-corrected chi connectivity index (χ3v) is 2.20. The van der Waals surface area contributed by atoms with Crippen LogP contribution in [0.15, 0.2) is 36.4 Å². The van der Waals surface area contributed by atoms with Gasteiger partial charge in [-0.05, 0) is 28.5 Å². The van der Waals surface area contributed by atoms with Gasteiger partial charge in [0.15, 0.2) is 0 Å². The van der Waals surface area contributed by atoms with E-state index in [1.54, 1.807) is 6.07 Å². The zero-order valence-electron chi connectivity index (χ0n) is 7.50. The maximum Gasteiger partial charge on any atom is 0.123 e. The molecule has 1 nitrogen and oxygen atoms in total. The first kappa shape index (κ1) is 8.71. The summed E-state index contributed by atoms with van der Waals surface area (Å²) in [6.07, 6.45) is 0.364. The van der Waals surface area contributed by atoms with Crippen molar-refractivity contribution in [2.45, 2.75) is 6.42 Å². The SMILES string of the molecule is N#CCc1cccc2cc(F)ccc12. The van der Waals surface area contributed by atoms with E-state index in [0.717, 1.165) is 16.3 Å². The van der Waals surface area contributed by atoms with Gasteiger partial charge in [0.25, 0.3) is 0 Å². The molecule has 0 aliphatic heterocycles. The molecule has 0 fully saturated rings. The Kier molecular flexibility index (Phi) is 2.16. The molecule has 68 valence electrons. The zero-order valence-corrected chi connectivity index (χ0v) is 7.50. The van der Waals surface area contributed by atoms with Crippen molar-refractivity contribution < 1.29 is 4.39 Å². The molecule has 2 rings (SSSR count). The third kappa shape index (κ3) is 1.45. The highest BCUT2D eigenvalue weighted by molar-refractivity contribution is 5.85. The summed E-state index contributed by atoms with van der Waals surface area (Å²) in [5, 5.41) is 10.4. The van der Waals surface area contributed by atoms with Crippen LogP contribution in [0.1, 0.15) is 5.56 Å². The first-order valence-electron chi connectivity index (χ1n) is 4.35. The molecule has 0 radical (unpaired) electrons. The molecule has 0 amide bonds. The van der Waals surface area contributed by atoms with Crippen LogP contribution in [0.4, 0.5) is 4.39 Å². The van der Waals surface area contributed by atoms with E-state index in [2.05, 4.69) is 6.07 Å². The smallest absolute Gasteiger partial charge is 0.123 e. The second kappa shape index (κ2) is 3.47. The van der Waals surface area contributed by atoms with Crippen LogP contribution in [0.2, 0.25) is 0 Å². The summed E-state index contributed by atoms with van der Waals surface area (Å²) in [5.41, 5.74) is 0.949. The van der Waals surface area contributed by atoms with Crippen LogP contribution in [-0.2, 0) is 6.42 Å². The summed E-state index contributed by atoms with van der Waals surface area (Å²) in [4.78, 5) is 0. The van der Waals surface area contributed by atoms with Crippen molar-refractivity contribution in [3.63, 3.8) is 0 Å². The van der Waals surface area contributed by atoms with Gasteiger partial charge in [0.05, 0.1) is 12.5 Å². The van der Waals surface area contributed by atoms with Crippen molar-refractivity contribution in [1.82, 2.24) is 0 Å². The van der Waals surface area contributed by atoms with Crippen molar-refractivity contribution in [2.24, 2.45) is 0 Å². The van der Waals surface area contributed by atoms with Crippen LogP contribution >= 0.6 is 0 Å². The van der Waals surface area contributed by atoms with E-state index in [-0.39, 0.29) is 5.82 Å². The molecule has 2 aromatic carbocycles. The number of fused-ring (bicyclic) bond motifs is 1. The summed E-state index contributed by atoms with van der Waals surface area (Å²) in [6.45, 7) is 0. The summed E-state index contributed by atoms with van der Waals surface area (Å²) in [7, 11) is 0. The molecule has 0 N–H and O–H groups in total. The minimum absolute atomic E-state index is 0.244. The lowest BCUT2D eigenvalue weighted by atomic mass is 10.0. The number of nitriles is 1. The van der Waals surface area contributed by atoms with E-state index >= 15 is 0 Å².